The average molecular weight is 463 g/mol. The maximum atomic E-state index is 6.79. The second kappa shape index (κ2) is 10.5. The molecule has 1 aliphatic rings. The van der Waals surface area contributed by atoms with Crippen molar-refractivity contribution in [3.8, 4) is 0 Å². The summed E-state index contributed by atoms with van der Waals surface area (Å²) in [7, 11) is -1.83. The molecule has 2 nitrogen and oxygen atoms in total. The van der Waals surface area contributed by atoms with Gasteiger partial charge in [-0.3, -0.25) is 0 Å². The molecule has 2 aromatic carbocycles. The molecule has 2 atom stereocenters. The molecule has 3 rings (SSSR count). The molecule has 33 heavy (non-hydrogen) atoms. The zero-order valence-corrected chi connectivity index (χ0v) is 22.3. The van der Waals surface area contributed by atoms with E-state index in [1.807, 2.05) is 12.1 Å². The van der Waals surface area contributed by atoms with Gasteiger partial charge in [-0.1, -0.05) is 106 Å². The van der Waals surface area contributed by atoms with Crippen LogP contribution >= 0.6 is 0 Å². The van der Waals surface area contributed by atoms with E-state index in [0.717, 1.165) is 32.3 Å². The lowest BCUT2D eigenvalue weighted by molar-refractivity contribution is -0.0948. The van der Waals surface area contributed by atoms with E-state index in [9.17, 15) is 0 Å². The van der Waals surface area contributed by atoms with E-state index in [0.29, 0.717) is 6.61 Å². The Morgan fingerprint density at radius 2 is 1.58 bits per heavy atom. The van der Waals surface area contributed by atoms with E-state index >= 15 is 0 Å². The molecule has 0 radical (unpaired) electrons. The highest BCUT2D eigenvalue weighted by Crippen LogP contribution is 2.50. The van der Waals surface area contributed by atoms with Gasteiger partial charge in [0.2, 0.25) is 0 Å². The van der Waals surface area contributed by atoms with E-state index in [2.05, 4.69) is 107 Å². The fourth-order valence-electron chi connectivity index (χ4n) is 4.65. The summed E-state index contributed by atoms with van der Waals surface area (Å²) in [6.45, 7) is 17.2. The normalized spacial score (nSPS) is 23.4. The number of rotatable bonds is 10. The third kappa shape index (κ3) is 5.95. The highest BCUT2D eigenvalue weighted by molar-refractivity contribution is 6.74. The van der Waals surface area contributed by atoms with Gasteiger partial charge in [0.1, 0.15) is 5.60 Å². The first kappa shape index (κ1) is 25.7. The van der Waals surface area contributed by atoms with Gasteiger partial charge < -0.3 is 9.16 Å². The van der Waals surface area contributed by atoms with Crippen molar-refractivity contribution in [1.29, 1.82) is 0 Å². The maximum Gasteiger partial charge on any atom is 0.191 e. The summed E-state index contributed by atoms with van der Waals surface area (Å²) in [5.41, 5.74) is 1.88. The van der Waals surface area contributed by atoms with Gasteiger partial charge >= 0.3 is 0 Å². The molecule has 2 aromatic rings. The lowest BCUT2D eigenvalue weighted by atomic mass is 9.61. The van der Waals surface area contributed by atoms with Crippen molar-refractivity contribution in [1.82, 2.24) is 0 Å². The summed E-state index contributed by atoms with van der Waals surface area (Å²) in [6, 6.07) is 21.3. The Bertz CT molecular complexity index is 913. The number of hydrogen-bond acceptors (Lipinski definition) is 2. The summed E-state index contributed by atoms with van der Waals surface area (Å²) in [4.78, 5) is 0. The molecule has 0 aliphatic heterocycles. The Morgan fingerprint density at radius 3 is 2.15 bits per heavy atom. The molecule has 0 fully saturated rings. The number of allylic oxidation sites excluding steroid dienone is 1. The lowest BCUT2D eigenvalue weighted by Crippen LogP contribution is -2.52. The zero-order valence-electron chi connectivity index (χ0n) is 21.3. The second-order valence-corrected chi connectivity index (χ2v) is 15.8. The van der Waals surface area contributed by atoms with E-state index in [-0.39, 0.29) is 10.5 Å². The Balaban J connectivity index is 1.92. The molecule has 178 valence electrons. The van der Waals surface area contributed by atoms with Crippen molar-refractivity contribution in [2.45, 2.75) is 76.8 Å². The van der Waals surface area contributed by atoms with Gasteiger partial charge in [0.15, 0.2) is 8.32 Å². The smallest absolute Gasteiger partial charge is 0.191 e. The third-order valence-electron chi connectivity index (χ3n) is 7.84. The standard InChI is InChI=1S/C30H42O2Si/c1-7-30(31-25-27-18-12-9-13-19-27)21-15-14-20-29(30,24-26-16-10-8-11-17-26)22-23-32-33(5,6)28(2,3)4/h7-13,15-19,21H,1,14,20,22-25H2,2-6H3/t29-,30-/m0/s1. The van der Waals surface area contributed by atoms with Crippen LogP contribution in [0.1, 0.15) is 51.2 Å². The van der Waals surface area contributed by atoms with Crippen LogP contribution in [0.4, 0.5) is 0 Å². The topological polar surface area (TPSA) is 18.5 Å². The summed E-state index contributed by atoms with van der Waals surface area (Å²) < 4.78 is 13.5. The van der Waals surface area contributed by atoms with Gasteiger partial charge in [0, 0.05) is 12.0 Å². The van der Waals surface area contributed by atoms with Gasteiger partial charge in [-0.2, -0.15) is 0 Å². The summed E-state index contributed by atoms with van der Waals surface area (Å²) >= 11 is 0. The molecular weight excluding hydrogens is 420 g/mol. The molecule has 0 amide bonds. The quantitative estimate of drug-likeness (QED) is 0.262. The van der Waals surface area contributed by atoms with E-state index in [4.69, 9.17) is 9.16 Å². The van der Waals surface area contributed by atoms with Crippen molar-refractivity contribution in [3.05, 3.63) is 96.6 Å². The minimum atomic E-state index is -1.83. The predicted molar refractivity (Wildman–Crippen MR) is 143 cm³/mol. The minimum Gasteiger partial charge on any atom is -0.417 e. The third-order valence-corrected chi connectivity index (χ3v) is 12.4. The van der Waals surface area contributed by atoms with Crippen LogP contribution in [0.2, 0.25) is 18.1 Å². The number of benzene rings is 2. The van der Waals surface area contributed by atoms with Crippen molar-refractivity contribution in [3.63, 3.8) is 0 Å². The van der Waals surface area contributed by atoms with Crippen LogP contribution in [-0.2, 0) is 22.2 Å². The van der Waals surface area contributed by atoms with Gasteiger partial charge in [0.05, 0.1) is 6.61 Å². The average Bonchev–Trinajstić information content (AvgIpc) is 2.79. The second-order valence-electron chi connectivity index (χ2n) is 11.0. The van der Waals surface area contributed by atoms with Crippen molar-refractivity contribution < 1.29 is 9.16 Å². The van der Waals surface area contributed by atoms with Crippen LogP contribution in [0, 0.1) is 5.41 Å². The largest absolute Gasteiger partial charge is 0.417 e. The van der Waals surface area contributed by atoms with Crippen molar-refractivity contribution in [2.75, 3.05) is 6.61 Å². The monoisotopic (exact) mass is 462 g/mol. The fourth-order valence-corrected chi connectivity index (χ4v) is 5.70. The van der Waals surface area contributed by atoms with Crippen LogP contribution < -0.4 is 0 Å². The van der Waals surface area contributed by atoms with Gasteiger partial charge in [0.25, 0.3) is 0 Å². The predicted octanol–water partition coefficient (Wildman–Crippen LogP) is 8.12. The molecule has 0 aromatic heterocycles. The molecule has 0 spiro atoms. The molecule has 1 aliphatic carbocycles. The fraction of sp³-hybridized carbons (Fsp3) is 0.467. The zero-order chi connectivity index (χ0) is 24.0. The van der Waals surface area contributed by atoms with Gasteiger partial charge in [-0.25, -0.2) is 0 Å². The first-order valence-electron chi connectivity index (χ1n) is 12.3. The van der Waals surface area contributed by atoms with Crippen LogP contribution in [0.3, 0.4) is 0 Å². The molecule has 0 unspecified atom stereocenters. The van der Waals surface area contributed by atoms with Gasteiger partial charge in [-0.05, 0) is 54.9 Å². The SMILES string of the molecule is C=C[C@]1(OCc2ccccc2)C=CCC[C@]1(CCO[Si](C)(C)C(C)(C)C)Cc1ccccc1. The van der Waals surface area contributed by atoms with Crippen LogP contribution in [0.5, 0.6) is 0 Å². The first-order chi connectivity index (χ1) is 15.6. The molecular formula is C30H42O2Si. The number of ether oxygens (including phenoxy) is 1. The maximum absolute atomic E-state index is 6.79. The molecule has 0 bridgehead atoms. The van der Waals surface area contributed by atoms with Gasteiger partial charge in [-0.15, -0.1) is 0 Å². The van der Waals surface area contributed by atoms with Crippen LogP contribution in [0.25, 0.3) is 0 Å². The van der Waals surface area contributed by atoms with E-state index in [1.54, 1.807) is 0 Å². The Kier molecular flexibility index (Phi) is 8.20. The van der Waals surface area contributed by atoms with Crippen LogP contribution in [-0.4, -0.2) is 20.5 Å². The Hall–Kier alpha value is -1.94. The van der Waals surface area contributed by atoms with Crippen molar-refractivity contribution >= 4 is 8.32 Å². The lowest BCUT2D eigenvalue weighted by Gasteiger charge is -2.50. The van der Waals surface area contributed by atoms with E-state index < -0.39 is 13.9 Å². The van der Waals surface area contributed by atoms with E-state index in [1.165, 1.54) is 11.1 Å². The Labute approximate surface area is 202 Å². The minimum absolute atomic E-state index is 0.109. The molecule has 0 saturated heterocycles. The molecule has 0 heterocycles. The molecule has 0 N–H and O–H groups in total. The molecule has 0 saturated carbocycles. The highest BCUT2D eigenvalue weighted by atomic mass is 28.4. The summed E-state index contributed by atoms with van der Waals surface area (Å²) in [6.07, 6.45) is 10.6. The summed E-state index contributed by atoms with van der Waals surface area (Å²) in [5.74, 6) is 0. The van der Waals surface area contributed by atoms with Crippen molar-refractivity contribution in [2.24, 2.45) is 5.41 Å². The summed E-state index contributed by atoms with van der Waals surface area (Å²) in [5, 5.41) is 0.200. The Morgan fingerprint density at radius 1 is 0.970 bits per heavy atom. The first-order valence-corrected chi connectivity index (χ1v) is 15.2. The number of hydrogen-bond donors (Lipinski definition) is 0. The molecule has 3 heteroatoms. The highest BCUT2D eigenvalue weighted by Gasteiger charge is 2.50. The van der Waals surface area contributed by atoms with Crippen LogP contribution in [0.15, 0.2) is 85.5 Å².